The third kappa shape index (κ3) is 3.96. The lowest BCUT2D eigenvalue weighted by Crippen LogP contribution is -2.29. The first-order valence-electron chi connectivity index (χ1n) is 8.06. The minimum absolute atomic E-state index is 0.783. The molecule has 2 rings (SSSR count). The standard InChI is InChI=1S/C16H31NO/c1-13-15(7-8-16(13)17-2)6-4-3-5-14-9-11-18-12-10-14/h13-17H,3-12H2,1-2H3. The first-order valence-corrected chi connectivity index (χ1v) is 8.06. The van der Waals surface area contributed by atoms with Gasteiger partial charge in [0.1, 0.15) is 0 Å². The minimum atomic E-state index is 0.783. The van der Waals surface area contributed by atoms with Crippen molar-refractivity contribution in [1.82, 2.24) is 5.32 Å². The largest absolute Gasteiger partial charge is 0.381 e. The third-order valence-electron chi connectivity index (χ3n) is 5.38. The average Bonchev–Trinajstić information content (AvgIpc) is 2.77. The molecule has 1 N–H and O–H groups in total. The molecular weight excluding hydrogens is 222 g/mol. The molecule has 0 bridgehead atoms. The van der Waals surface area contributed by atoms with Crippen molar-refractivity contribution in [3.8, 4) is 0 Å². The molecule has 2 nitrogen and oxygen atoms in total. The molecule has 18 heavy (non-hydrogen) atoms. The summed E-state index contributed by atoms with van der Waals surface area (Å²) in [6.45, 7) is 4.46. The average molecular weight is 253 g/mol. The summed E-state index contributed by atoms with van der Waals surface area (Å²) in [6.07, 6.45) is 11.2. The molecule has 0 amide bonds. The summed E-state index contributed by atoms with van der Waals surface area (Å²) in [7, 11) is 2.12. The second-order valence-corrected chi connectivity index (χ2v) is 6.43. The van der Waals surface area contributed by atoms with Gasteiger partial charge >= 0.3 is 0 Å². The molecule has 3 unspecified atom stereocenters. The lowest BCUT2D eigenvalue weighted by molar-refractivity contribution is 0.0629. The fourth-order valence-corrected chi connectivity index (χ4v) is 3.94. The van der Waals surface area contributed by atoms with E-state index in [-0.39, 0.29) is 0 Å². The highest BCUT2D eigenvalue weighted by Crippen LogP contribution is 2.35. The Kier molecular flexibility index (Phi) is 5.97. The predicted molar refractivity (Wildman–Crippen MR) is 76.7 cm³/mol. The van der Waals surface area contributed by atoms with Crippen LogP contribution >= 0.6 is 0 Å². The van der Waals surface area contributed by atoms with Crippen LogP contribution in [0.15, 0.2) is 0 Å². The Hall–Kier alpha value is -0.0800. The molecule has 1 aliphatic heterocycles. The first kappa shape index (κ1) is 14.3. The van der Waals surface area contributed by atoms with Crippen LogP contribution in [0.4, 0.5) is 0 Å². The Morgan fingerprint density at radius 2 is 1.72 bits per heavy atom. The van der Waals surface area contributed by atoms with Crippen molar-refractivity contribution in [2.24, 2.45) is 17.8 Å². The van der Waals surface area contributed by atoms with Gasteiger partial charge in [-0.3, -0.25) is 0 Å². The number of hydrogen-bond acceptors (Lipinski definition) is 2. The quantitative estimate of drug-likeness (QED) is 0.730. The van der Waals surface area contributed by atoms with Gasteiger partial charge in [-0.2, -0.15) is 0 Å². The van der Waals surface area contributed by atoms with Crippen molar-refractivity contribution in [3.63, 3.8) is 0 Å². The highest BCUT2D eigenvalue weighted by molar-refractivity contribution is 4.85. The van der Waals surface area contributed by atoms with Gasteiger partial charge in [0.25, 0.3) is 0 Å². The van der Waals surface area contributed by atoms with Crippen LogP contribution in [-0.2, 0) is 4.74 Å². The second-order valence-electron chi connectivity index (χ2n) is 6.43. The Morgan fingerprint density at radius 3 is 2.39 bits per heavy atom. The Morgan fingerprint density at radius 1 is 1.00 bits per heavy atom. The van der Waals surface area contributed by atoms with E-state index in [1.54, 1.807) is 0 Å². The van der Waals surface area contributed by atoms with E-state index in [4.69, 9.17) is 4.74 Å². The van der Waals surface area contributed by atoms with E-state index in [0.29, 0.717) is 0 Å². The molecule has 2 heteroatoms. The molecule has 1 saturated carbocycles. The van der Waals surface area contributed by atoms with Crippen molar-refractivity contribution < 1.29 is 4.74 Å². The van der Waals surface area contributed by atoms with Gasteiger partial charge in [-0.15, -0.1) is 0 Å². The molecule has 1 saturated heterocycles. The zero-order valence-electron chi connectivity index (χ0n) is 12.3. The Bertz CT molecular complexity index is 225. The molecule has 0 aromatic carbocycles. The van der Waals surface area contributed by atoms with Gasteiger partial charge in [0.05, 0.1) is 0 Å². The zero-order chi connectivity index (χ0) is 12.8. The van der Waals surface area contributed by atoms with Crippen LogP contribution in [0.3, 0.4) is 0 Å². The van der Waals surface area contributed by atoms with Gasteiger partial charge in [-0.25, -0.2) is 0 Å². The summed E-state index contributed by atoms with van der Waals surface area (Å²) in [6, 6.07) is 0.783. The maximum absolute atomic E-state index is 5.42. The van der Waals surface area contributed by atoms with E-state index in [1.807, 2.05) is 0 Å². The smallest absolute Gasteiger partial charge is 0.0468 e. The summed E-state index contributed by atoms with van der Waals surface area (Å²) in [5.74, 6) is 2.83. The van der Waals surface area contributed by atoms with Gasteiger partial charge in [-0.1, -0.05) is 32.6 Å². The topological polar surface area (TPSA) is 21.3 Å². The Balaban J connectivity index is 1.55. The maximum atomic E-state index is 5.42. The minimum Gasteiger partial charge on any atom is -0.381 e. The van der Waals surface area contributed by atoms with Crippen LogP contribution in [0.25, 0.3) is 0 Å². The van der Waals surface area contributed by atoms with Crippen molar-refractivity contribution in [2.45, 2.75) is 64.3 Å². The molecule has 3 atom stereocenters. The van der Waals surface area contributed by atoms with Crippen LogP contribution < -0.4 is 5.32 Å². The van der Waals surface area contributed by atoms with Gasteiger partial charge in [-0.05, 0) is 50.5 Å². The first-order chi connectivity index (χ1) is 8.81. The molecule has 0 aromatic rings. The highest BCUT2D eigenvalue weighted by Gasteiger charge is 2.30. The Labute approximate surface area is 113 Å². The van der Waals surface area contributed by atoms with Gasteiger partial charge in [0.15, 0.2) is 0 Å². The fraction of sp³-hybridized carbons (Fsp3) is 1.00. The van der Waals surface area contributed by atoms with E-state index in [1.165, 1.54) is 51.4 Å². The summed E-state index contributed by atoms with van der Waals surface area (Å²) in [5.41, 5.74) is 0. The number of hydrogen-bond donors (Lipinski definition) is 1. The summed E-state index contributed by atoms with van der Waals surface area (Å²) < 4.78 is 5.42. The van der Waals surface area contributed by atoms with Gasteiger partial charge < -0.3 is 10.1 Å². The van der Waals surface area contributed by atoms with Crippen LogP contribution in [0.5, 0.6) is 0 Å². The van der Waals surface area contributed by atoms with E-state index < -0.39 is 0 Å². The second kappa shape index (κ2) is 7.49. The van der Waals surface area contributed by atoms with E-state index in [2.05, 4.69) is 19.3 Å². The molecule has 2 aliphatic rings. The normalized spacial score (nSPS) is 34.0. The fourth-order valence-electron chi connectivity index (χ4n) is 3.94. The number of nitrogens with one attached hydrogen (secondary N) is 1. The third-order valence-corrected chi connectivity index (χ3v) is 5.38. The van der Waals surface area contributed by atoms with Gasteiger partial charge in [0, 0.05) is 19.3 Å². The lowest BCUT2D eigenvalue weighted by atomic mass is 9.88. The molecule has 0 aromatic heterocycles. The van der Waals surface area contributed by atoms with Gasteiger partial charge in [0.2, 0.25) is 0 Å². The lowest BCUT2D eigenvalue weighted by Gasteiger charge is -2.23. The van der Waals surface area contributed by atoms with E-state index in [0.717, 1.165) is 37.0 Å². The van der Waals surface area contributed by atoms with Crippen molar-refractivity contribution in [1.29, 1.82) is 0 Å². The van der Waals surface area contributed by atoms with Crippen molar-refractivity contribution in [3.05, 3.63) is 0 Å². The number of rotatable bonds is 6. The van der Waals surface area contributed by atoms with Crippen LogP contribution in [-0.4, -0.2) is 26.3 Å². The molecule has 2 fully saturated rings. The molecule has 1 heterocycles. The molecular formula is C16H31NO. The highest BCUT2D eigenvalue weighted by atomic mass is 16.5. The van der Waals surface area contributed by atoms with Crippen LogP contribution in [0.2, 0.25) is 0 Å². The molecule has 1 aliphatic carbocycles. The van der Waals surface area contributed by atoms with Crippen molar-refractivity contribution >= 4 is 0 Å². The maximum Gasteiger partial charge on any atom is 0.0468 e. The van der Waals surface area contributed by atoms with Crippen LogP contribution in [0, 0.1) is 17.8 Å². The summed E-state index contributed by atoms with van der Waals surface area (Å²) >= 11 is 0. The van der Waals surface area contributed by atoms with E-state index in [9.17, 15) is 0 Å². The van der Waals surface area contributed by atoms with E-state index >= 15 is 0 Å². The number of unbranched alkanes of at least 4 members (excludes halogenated alkanes) is 1. The van der Waals surface area contributed by atoms with Crippen molar-refractivity contribution in [2.75, 3.05) is 20.3 Å². The summed E-state index contributed by atoms with van der Waals surface area (Å²) in [4.78, 5) is 0. The molecule has 106 valence electrons. The van der Waals surface area contributed by atoms with Crippen LogP contribution in [0.1, 0.15) is 58.3 Å². The zero-order valence-corrected chi connectivity index (χ0v) is 12.3. The molecule has 0 spiro atoms. The molecule has 0 radical (unpaired) electrons. The summed E-state index contributed by atoms with van der Waals surface area (Å²) in [5, 5.41) is 3.47. The SMILES string of the molecule is CNC1CCC(CCCCC2CCOCC2)C1C. The monoisotopic (exact) mass is 253 g/mol. The predicted octanol–water partition coefficient (Wildman–Crippen LogP) is 3.61. The number of ether oxygens (including phenoxy) is 1.